The number of aliphatic carboxylic acids is 1. The van der Waals surface area contributed by atoms with Crippen LogP contribution in [0.1, 0.15) is 75.0 Å². The number of hydrogen-bond acceptors (Lipinski definition) is 3. The molecule has 0 radical (unpaired) electrons. The number of aryl methyl sites for hydroxylation is 4. The van der Waals surface area contributed by atoms with E-state index < -0.39 is 5.97 Å². The van der Waals surface area contributed by atoms with E-state index in [9.17, 15) is 14.7 Å². The van der Waals surface area contributed by atoms with Crippen LogP contribution in [0.25, 0.3) is 11.1 Å². The molecule has 1 aromatic heterocycles. The molecule has 1 aliphatic rings. The highest BCUT2D eigenvalue weighted by Gasteiger charge is 2.28. The van der Waals surface area contributed by atoms with Gasteiger partial charge in [-0.3, -0.25) is 9.59 Å². The molecule has 0 atom stereocenters. The van der Waals surface area contributed by atoms with E-state index in [1.165, 1.54) is 32.7 Å². The lowest BCUT2D eigenvalue weighted by molar-refractivity contribution is -0.142. The topological polar surface area (TPSA) is 66.4 Å². The number of carbonyl (C=O) groups excluding carboxylic acids is 1. The molecule has 4 rings (SSSR count). The molecule has 5 heteroatoms. The van der Waals surface area contributed by atoms with Gasteiger partial charge in [-0.15, -0.1) is 11.3 Å². The molecule has 35 heavy (non-hydrogen) atoms. The number of rotatable bonds is 7. The normalized spacial score (nSPS) is 17.8. The summed E-state index contributed by atoms with van der Waals surface area (Å²) in [6, 6.07) is 15.4. The Morgan fingerprint density at radius 1 is 0.943 bits per heavy atom. The van der Waals surface area contributed by atoms with Crippen molar-refractivity contribution >= 4 is 23.2 Å². The summed E-state index contributed by atoms with van der Waals surface area (Å²) < 4.78 is 0. The third kappa shape index (κ3) is 5.67. The van der Waals surface area contributed by atoms with Crippen molar-refractivity contribution in [3.05, 3.63) is 80.0 Å². The standard InChI is InChI=1S/C30H35NO3S/c1-5-21-6-8-22(9-7-21)25-11-10-24(18(2)16-25)17-27-19(3)35-20(4)28(27)29(32)31-26-14-12-23(13-15-26)30(33)34/h6-11,16,23,26H,5,12-15,17H2,1-4H3,(H,31,32)(H,33,34). The zero-order chi connectivity index (χ0) is 25.1. The summed E-state index contributed by atoms with van der Waals surface area (Å²) in [5.41, 5.74) is 8.13. The van der Waals surface area contributed by atoms with Crippen molar-refractivity contribution in [1.29, 1.82) is 0 Å². The first kappa shape index (κ1) is 25.2. The van der Waals surface area contributed by atoms with E-state index in [-0.39, 0.29) is 17.9 Å². The summed E-state index contributed by atoms with van der Waals surface area (Å²) >= 11 is 1.68. The van der Waals surface area contributed by atoms with E-state index in [0.717, 1.165) is 41.7 Å². The molecule has 0 saturated heterocycles. The minimum absolute atomic E-state index is 0.0223. The Morgan fingerprint density at radius 2 is 1.60 bits per heavy atom. The summed E-state index contributed by atoms with van der Waals surface area (Å²) in [7, 11) is 0. The van der Waals surface area contributed by atoms with Gasteiger partial charge >= 0.3 is 5.97 Å². The quantitative estimate of drug-likeness (QED) is 0.381. The van der Waals surface area contributed by atoms with Crippen LogP contribution in [0.3, 0.4) is 0 Å². The molecule has 4 nitrogen and oxygen atoms in total. The first-order valence-electron chi connectivity index (χ1n) is 12.6. The van der Waals surface area contributed by atoms with Crippen LogP contribution < -0.4 is 5.32 Å². The fourth-order valence-electron chi connectivity index (χ4n) is 5.18. The van der Waals surface area contributed by atoms with E-state index in [1.54, 1.807) is 11.3 Å². The summed E-state index contributed by atoms with van der Waals surface area (Å²) in [6.07, 6.45) is 4.46. The van der Waals surface area contributed by atoms with Crippen molar-refractivity contribution in [2.75, 3.05) is 0 Å². The molecule has 2 aromatic carbocycles. The number of amides is 1. The number of thiophene rings is 1. The Hall–Kier alpha value is -2.92. The van der Waals surface area contributed by atoms with Crippen LogP contribution in [0.15, 0.2) is 42.5 Å². The minimum atomic E-state index is -0.722. The van der Waals surface area contributed by atoms with Crippen LogP contribution in [0.4, 0.5) is 0 Å². The summed E-state index contributed by atoms with van der Waals surface area (Å²) in [6.45, 7) is 8.43. The Kier molecular flexibility index (Phi) is 7.75. The SMILES string of the molecule is CCc1ccc(-c2ccc(Cc3c(C)sc(C)c3C(=O)NC3CCC(C(=O)O)CC3)c(C)c2)cc1. The lowest BCUT2D eigenvalue weighted by atomic mass is 9.86. The van der Waals surface area contributed by atoms with Crippen LogP contribution >= 0.6 is 11.3 Å². The van der Waals surface area contributed by atoms with Gasteiger partial charge in [-0.2, -0.15) is 0 Å². The minimum Gasteiger partial charge on any atom is -0.481 e. The van der Waals surface area contributed by atoms with E-state index in [2.05, 4.69) is 68.6 Å². The van der Waals surface area contributed by atoms with E-state index in [0.29, 0.717) is 12.8 Å². The van der Waals surface area contributed by atoms with E-state index >= 15 is 0 Å². The maximum absolute atomic E-state index is 13.3. The maximum Gasteiger partial charge on any atom is 0.306 e. The van der Waals surface area contributed by atoms with Crippen LogP contribution in [0.5, 0.6) is 0 Å². The average molecular weight is 490 g/mol. The molecule has 0 bridgehead atoms. The predicted molar refractivity (Wildman–Crippen MR) is 143 cm³/mol. The Labute approximate surface area is 212 Å². The van der Waals surface area contributed by atoms with E-state index in [1.807, 2.05) is 6.92 Å². The molecule has 0 spiro atoms. The predicted octanol–water partition coefficient (Wildman–Crippen LogP) is 6.87. The first-order chi connectivity index (χ1) is 16.8. The summed E-state index contributed by atoms with van der Waals surface area (Å²) in [5, 5.41) is 12.4. The van der Waals surface area contributed by atoms with Crippen molar-refractivity contribution in [1.82, 2.24) is 5.32 Å². The van der Waals surface area contributed by atoms with Crippen LogP contribution in [0, 0.1) is 26.7 Å². The summed E-state index contributed by atoms with van der Waals surface area (Å²) in [5.74, 6) is -1.02. The fraction of sp³-hybridized carbons (Fsp3) is 0.400. The third-order valence-corrected chi connectivity index (χ3v) is 8.49. The van der Waals surface area contributed by atoms with Gasteiger partial charge in [0.15, 0.2) is 0 Å². The molecule has 3 aromatic rings. The molecule has 1 amide bonds. The largest absolute Gasteiger partial charge is 0.481 e. The first-order valence-corrected chi connectivity index (χ1v) is 13.4. The second-order valence-corrected chi connectivity index (χ2v) is 11.2. The molecule has 184 valence electrons. The molecule has 0 aliphatic heterocycles. The molecule has 2 N–H and O–H groups in total. The van der Waals surface area contributed by atoms with Crippen molar-refractivity contribution in [2.24, 2.45) is 5.92 Å². The zero-order valence-corrected chi connectivity index (χ0v) is 21.9. The van der Waals surface area contributed by atoms with Crippen LogP contribution in [-0.4, -0.2) is 23.0 Å². The maximum atomic E-state index is 13.3. The molecular weight excluding hydrogens is 454 g/mol. The van der Waals surface area contributed by atoms with Crippen molar-refractivity contribution in [2.45, 2.75) is 72.3 Å². The molecular formula is C30H35NO3S. The highest BCUT2D eigenvalue weighted by Crippen LogP contribution is 2.32. The highest BCUT2D eigenvalue weighted by atomic mass is 32.1. The second-order valence-electron chi connectivity index (χ2n) is 9.80. The van der Waals surface area contributed by atoms with Crippen LogP contribution in [-0.2, 0) is 17.6 Å². The second kappa shape index (κ2) is 10.8. The zero-order valence-electron chi connectivity index (χ0n) is 21.1. The average Bonchev–Trinajstić information content (AvgIpc) is 3.13. The van der Waals surface area contributed by atoms with Gasteiger partial charge < -0.3 is 10.4 Å². The van der Waals surface area contributed by atoms with E-state index in [4.69, 9.17) is 0 Å². The fourth-order valence-corrected chi connectivity index (χ4v) is 6.25. The molecule has 1 heterocycles. The molecule has 1 aliphatic carbocycles. The third-order valence-electron chi connectivity index (χ3n) is 7.43. The number of benzene rings is 2. The molecule has 0 unspecified atom stereocenters. The number of carbonyl (C=O) groups is 2. The Bertz CT molecular complexity index is 1220. The monoisotopic (exact) mass is 489 g/mol. The van der Waals surface area contributed by atoms with Crippen LogP contribution in [0.2, 0.25) is 0 Å². The van der Waals surface area contributed by atoms with Crippen molar-refractivity contribution < 1.29 is 14.7 Å². The van der Waals surface area contributed by atoms with Gasteiger partial charge in [0.05, 0.1) is 11.5 Å². The van der Waals surface area contributed by atoms with Gasteiger partial charge in [-0.1, -0.05) is 49.4 Å². The van der Waals surface area contributed by atoms with Gasteiger partial charge in [0.1, 0.15) is 0 Å². The Balaban J connectivity index is 1.51. The van der Waals surface area contributed by atoms with Crippen molar-refractivity contribution in [3.8, 4) is 11.1 Å². The lowest BCUT2D eigenvalue weighted by Gasteiger charge is -2.27. The van der Waals surface area contributed by atoms with Gasteiger partial charge in [-0.05, 0) is 92.7 Å². The molecule has 1 fully saturated rings. The van der Waals surface area contributed by atoms with Gasteiger partial charge in [0, 0.05) is 15.8 Å². The lowest BCUT2D eigenvalue weighted by Crippen LogP contribution is -2.39. The Morgan fingerprint density at radius 3 is 2.20 bits per heavy atom. The number of carboxylic acid groups (broad SMARTS) is 1. The number of nitrogens with one attached hydrogen (secondary N) is 1. The van der Waals surface area contributed by atoms with Crippen molar-refractivity contribution in [3.63, 3.8) is 0 Å². The molecule has 1 saturated carbocycles. The summed E-state index contributed by atoms with van der Waals surface area (Å²) in [4.78, 5) is 26.8. The van der Waals surface area contributed by atoms with Gasteiger partial charge in [0.25, 0.3) is 5.91 Å². The number of hydrogen-bond donors (Lipinski definition) is 2. The number of carboxylic acids is 1. The van der Waals surface area contributed by atoms with Gasteiger partial charge in [0.2, 0.25) is 0 Å². The highest BCUT2D eigenvalue weighted by molar-refractivity contribution is 7.12. The van der Waals surface area contributed by atoms with Gasteiger partial charge in [-0.25, -0.2) is 0 Å². The smallest absolute Gasteiger partial charge is 0.306 e.